The third-order valence-corrected chi connectivity index (χ3v) is 23.9. The first kappa shape index (κ1) is 57.4. The van der Waals surface area contributed by atoms with Crippen molar-refractivity contribution < 1.29 is 4.42 Å². The first-order valence-electron chi connectivity index (χ1n) is 31.7. The fourth-order valence-electron chi connectivity index (χ4n) is 13.9. The van der Waals surface area contributed by atoms with Crippen LogP contribution in [0.5, 0.6) is 0 Å². The molecule has 2 aliphatic rings. The molecule has 0 unspecified atom stereocenters. The fourth-order valence-corrected chi connectivity index (χ4v) is 18.1. The van der Waals surface area contributed by atoms with E-state index in [0.717, 1.165) is 67.2 Å². The maximum atomic E-state index is 6.66. The molecule has 90 heavy (non-hydrogen) atoms. The zero-order chi connectivity index (χ0) is 62.2. The first-order chi connectivity index (χ1) is 43.2. The van der Waals surface area contributed by atoms with Gasteiger partial charge in [0.1, 0.15) is 11.2 Å². The highest BCUT2D eigenvalue weighted by Gasteiger charge is 2.47. The normalized spacial score (nSPS) is 13.4. The lowest BCUT2D eigenvalue weighted by molar-refractivity contribution is 0.590. The van der Waals surface area contributed by atoms with E-state index in [2.05, 4.69) is 340 Å². The second-order valence-corrected chi connectivity index (χ2v) is 32.5. The van der Waals surface area contributed by atoms with Gasteiger partial charge in [-0.1, -0.05) is 201 Å². The van der Waals surface area contributed by atoms with E-state index in [-0.39, 0.29) is 23.0 Å². The van der Waals surface area contributed by atoms with Gasteiger partial charge in [-0.3, -0.25) is 0 Å². The number of hydrogen-bond acceptors (Lipinski definition) is 5. The molecule has 7 heteroatoms. The molecule has 444 valence electrons. The Morgan fingerprint density at radius 2 is 0.989 bits per heavy atom. The summed E-state index contributed by atoms with van der Waals surface area (Å²) in [5.74, 6) is 0. The van der Waals surface area contributed by atoms with Crippen LogP contribution < -0.4 is 30.4 Å². The van der Waals surface area contributed by atoms with Crippen LogP contribution >= 0.6 is 21.4 Å². The molecule has 0 bridgehead atoms. The van der Waals surface area contributed by atoms with Gasteiger partial charge in [-0.05, 0) is 195 Å². The van der Waals surface area contributed by atoms with E-state index in [0.29, 0.717) is 0 Å². The number of thiophene rings is 1. The van der Waals surface area contributed by atoms with Gasteiger partial charge in [0.25, 0.3) is 6.71 Å². The summed E-state index contributed by atoms with van der Waals surface area (Å²) in [7, 11) is -1.98. The Morgan fingerprint density at radius 3 is 1.64 bits per heavy atom. The molecule has 4 heterocycles. The Morgan fingerprint density at radius 1 is 0.433 bits per heavy atom. The van der Waals surface area contributed by atoms with Crippen molar-refractivity contribution in [3.05, 3.63) is 270 Å². The highest BCUT2D eigenvalue weighted by Crippen LogP contribution is 2.67. The van der Waals surface area contributed by atoms with Crippen LogP contribution in [0.4, 0.5) is 51.2 Å². The van der Waals surface area contributed by atoms with Gasteiger partial charge in [-0.25, -0.2) is 0 Å². The summed E-state index contributed by atoms with van der Waals surface area (Å²) < 4.78 is 9.29. The van der Waals surface area contributed by atoms with Gasteiger partial charge in [0.15, 0.2) is 0 Å². The first-order valence-corrected chi connectivity index (χ1v) is 34.5. The van der Waals surface area contributed by atoms with Crippen LogP contribution in [-0.4, -0.2) is 13.0 Å². The molecule has 0 aliphatic carbocycles. The van der Waals surface area contributed by atoms with Gasteiger partial charge in [0.2, 0.25) is 0 Å². The quantitative estimate of drug-likeness (QED) is 0.134. The Balaban J connectivity index is 1.09. The van der Waals surface area contributed by atoms with Crippen LogP contribution in [0.15, 0.2) is 262 Å². The largest absolute Gasteiger partial charge is 0.456 e. The number of hydrogen-bond donors (Lipinski definition) is 0. The molecule has 0 radical (unpaired) electrons. The van der Waals surface area contributed by atoms with E-state index >= 15 is 0 Å². The number of nitrogens with zero attached hydrogens (tertiary/aromatic N) is 3. The summed E-state index contributed by atoms with van der Waals surface area (Å²) in [6, 6.07) is 92.7. The Labute approximate surface area is 537 Å². The zero-order valence-corrected chi connectivity index (χ0v) is 55.4. The lowest BCUT2D eigenvalue weighted by atomic mass is 9.36. The minimum absolute atomic E-state index is 0.0218. The SMILES string of the molecule is Cc1ccc(S(C)(c2ccc(C)cc2)c2cc3c4c(c2)N(c2ccc(C(C)(C)C)cc2)c2c(sc5ccc(C(C)(C)C)cc25)B4c2ccc(N(c4ccc(C(C)(C)C)cc4)c4ccccc4-c4ccccc4)cc2N3c2ccc3oc4ccccc4c3c2)cc1. The Kier molecular flexibility index (Phi) is 13.6. The van der Waals surface area contributed by atoms with Crippen molar-refractivity contribution in [2.75, 3.05) is 21.0 Å². The van der Waals surface area contributed by atoms with Gasteiger partial charge in [-0.2, -0.15) is 10.0 Å². The van der Waals surface area contributed by atoms with Crippen LogP contribution in [-0.2, 0) is 16.2 Å². The average molecular weight is 1210 g/mol. The van der Waals surface area contributed by atoms with Crippen molar-refractivity contribution in [3.63, 3.8) is 0 Å². The summed E-state index contributed by atoms with van der Waals surface area (Å²) >= 11 is 1.96. The third-order valence-electron chi connectivity index (χ3n) is 19.0. The van der Waals surface area contributed by atoms with E-state index in [4.69, 9.17) is 4.42 Å². The van der Waals surface area contributed by atoms with E-state index in [1.165, 1.54) is 85.4 Å². The average Bonchev–Trinajstić information content (AvgIpc) is 1.23. The molecule has 13 aromatic rings. The second-order valence-electron chi connectivity index (χ2n) is 28.1. The van der Waals surface area contributed by atoms with Gasteiger partial charge in [0.05, 0.1) is 11.4 Å². The van der Waals surface area contributed by atoms with E-state index in [1.54, 1.807) is 0 Å². The maximum Gasteiger partial charge on any atom is 0.264 e. The standard InChI is InChI=1S/C83H76BN3OS2/c1-53-26-41-63(42-27-53)90(12,64-43-28-54(2)29-44-64)65-51-73-78-74(52-65)87(60-37-32-57(33-38-60)82(6,7)8)79-69-48-58(83(9,10)11)34-47-77(69)89-80(79)84(78)70-45-39-62(50-72(70)86(73)61-40-46-76-68(49-61)67-23-17-19-25-75(67)88-76)85(59-35-30-56(31-36-59)81(3,4)5)71-24-18-16-22-66(71)55-20-14-13-15-21-55/h13-52H,1-12H3. The van der Waals surface area contributed by atoms with Crippen molar-refractivity contribution in [2.24, 2.45) is 0 Å². The summed E-state index contributed by atoms with van der Waals surface area (Å²) in [5, 5.41) is 3.47. The van der Waals surface area contributed by atoms with Gasteiger partial charge in [0, 0.05) is 75.9 Å². The van der Waals surface area contributed by atoms with Gasteiger partial charge >= 0.3 is 0 Å². The number of furan rings is 1. The Hall–Kier alpha value is -9.01. The molecule has 0 fully saturated rings. The third kappa shape index (κ3) is 9.58. The van der Waals surface area contributed by atoms with Crippen LogP contribution in [0.2, 0.25) is 0 Å². The fraction of sp³-hybridized carbons (Fsp3) is 0.181. The topological polar surface area (TPSA) is 22.9 Å². The maximum absolute atomic E-state index is 6.66. The van der Waals surface area contributed by atoms with Crippen LogP contribution in [0.3, 0.4) is 0 Å². The molecule has 0 N–H and O–H groups in total. The van der Waals surface area contributed by atoms with E-state index < -0.39 is 10.0 Å². The number of anilines is 9. The molecule has 4 nitrogen and oxygen atoms in total. The van der Waals surface area contributed by atoms with Crippen LogP contribution in [0.1, 0.15) is 90.1 Å². The predicted octanol–water partition coefficient (Wildman–Crippen LogP) is 22.4. The molecule has 2 aliphatic heterocycles. The molecule has 0 saturated carbocycles. The van der Waals surface area contributed by atoms with E-state index in [1.807, 2.05) is 11.3 Å². The summed E-state index contributed by atoms with van der Waals surface area (Å²) in [6.07, 6.45) is 2.54. The molecule has 0 saturated heterocycles. The van der Waals surface area contributed by atoms with Crippen molar-refractivity contribution in [2.45, 2.75) is 107 Å². The summed E-state index contributed by atoms with van der Waals surface area (Å²) in [5.41, 5.74) is 23.2. The minimum Gasteiger partial charge on any atom is -0.456 e. The molecule has 11 aromatic carbocycles. The Bertz CT molecular complexity index is 4880. The summed E-state index contributed by atoms with van der Waals surface area (Å²) in [4.78, 5) is 11.7. The molecular weight excluding hydrogens is 1130 g/mol. The number of fused-ring (bicyclic) bond motifs is 9. The number of benzene rings is 11. The second kappa shape index (κ2) is 21.3. The lowest BCUT2D eigenvalue weighted by Crippen LogP contribution is -2.60. The zero-order valence-electron chi connectivity index (χ0n) is 53.7. The van der Waals surface area contributed by atoms with Crippen molar-refractivity contribution in [1.29, 1.82) is 0 Å². The molecule has 15 rings (SSSR count). The molecular formula is C83H76BN3OS2. The summed E-state index contributed by atoms with van der Waals surface area (Å²) in [6.45, 7) is 25.1. The van der Waals surface area contributed by atoms with Gasteiger partial charge < -0.3 is 19.1 Å². The monoisotopic (exact) mass is 1210 g/mol. The number of para-hydroxylation sites is 2. The van der Waals surface area contributed by atoms with Gasteiger partial charge in [-0.15, -0.1) is 11.3 Å². The van der Waals surface area contributed by atoms with Crippen molar-refractivity contribution in [1.82, 2.24) is 0 Å². The van der Waals surface area contributed by atoms with Crippen molar-refractivity contribution in [3.8, 4) is 11.1 Å². The highest BCUT2D eigenvalue weighted by molar-refractivity contribution is 8.33. The van der Waals surface area contributed by atoms with E-state index in [9.17, 15) is 0 Å². The van der Waals surface area contributed by atoms with Crippen LogP contribution in [0, 0.1) is 13.8 Å². The predicted molar refractivity (Wildman–Crippen MR) is 390 cm³/mol. The molecule has 0 atom stereocenters. The minimum atomic E-state index is -1.98. The molecule has 0 spiro atoms. The highest BCUT2D eigenvalue weighted by atomic mass is 32.3. The lowest BCUT2D eigenvalue weighted by Gasteiger charge is -2.46. The molecule has 2 aromatic heterocycles. The number of rotatable bonds is 9. The smallest absolute Gasteiger partial charge is 0.264 e. The molecule has 0 amide bonds. The van der Waals surface area contributed by atoms with Crippen molar-refractivity contribution >= 4 is 127 Å². The number of aryl methyl sites for hydroxylation is 2. The van der Waals surface area contributed by atoms with Crippen LogP contribution in [0.25, 0.3) is 43.2 Å².